The molecule has 15 heavy (non-hydrogen) atoms. The molecule has 0 saturated carbocycles. The summed E-state index contributed by atoms with van der Waals surface area (Å²) in [7, 11) is 2.12. The van der Waals surface area contributed by atoms with E-state index in [1.807, 2.05) is 6.92 Å². The molecule has 0 aromatic carbocycles. The Hall–Kier alpha value is -0.610. The molecular weight excluding hydrogens is 192 g/mol. The van der Waals surface area contributed by atoms with Crippen LogP contribution in [0.3, 0.4) is 0 Å². The lowest BCUT2D eigenvalue weighted by molar-refractivity contribution is -0.138. The first-order chi connectivity index (χ1) is 7.04. The van der Waals surface area contributed by atoms with Crippen LogP contribution in [0.25, 0.3) is 0 Å². The van der Waals surface area contributed by atoms with Crippen LogP contribution in [-0.2, 0) is 4.79 Å². The molecule has 1 rings (SSSR count). The lowest BCUT2D eigenvalue weighted by atomic mass is 10.1. The summed E-state index contributed by atoms with van der Waals surface area (Å²) in [6.45, 7) is 7.25. The van der Waals surface area contributed by atoms with Gasteiger partial charge in [-0.1, -0.05) is 6.92 Å². The van der Waals surface area contributed by atoms with E-state index in [2.05, 4.69) is 23.8 Å². The molecule has 0 spiro atoms. The van der Waals surface area contributed by atoms with Gasteiger partial charge in [0.2, 0.25) is 0 Å². The second-order valence-corrected chi connectivity index (χ2v) is 4.48. The highest BCUT2D eigenvalue weighted by molar-refractivity contribution is 5.67. The largest absolute Gasteiger partial charge is 0.481 e. The molecule has 2 unspecified atom stereocenters. The molecule has 0 aliphatic carbocycles. The molecule has 88 valence electrons. The number of carbonyl (C=O) groups is 1. The maximum absolute atomic E-state index is 10.7. The van der Waals surface area contributed by atoms with Gasteiger partial charge < -0.3 is 10.0 Å². The van der Waals surface area contributed by atoms with Crippen LogP contribution in [0.5, 0.6) is 0 Å². The first kappa shape index (κ1) is 12.5. The number of nitrogens with zero attached hydrogens (tertiary/aromatic N) is 2. The van der Waals surface area contributed by atoms with Crippen LogP contribution < -0.4 is 0 Å². The normalized spacial score (nSPS) is 24.7. The molecule has 2 atom stereocenters. The fourth-order valence-corrected chi connectivity index (χ4v) is 2.48. The molecule has 4 nitrogen and oxygen atoms in total. The van der Waals surface area contributed by atoms with Crippen LogP contribution >= 0.6 is 0 Å². The SMILES string of the molecule is CCN(C(C)CC(=O)O)C1CCN(C)C1. The van der Waals surface area contributed by atoms with E-state index in [1.54, 1.807) is 0 Å². The Morgan fingerprint density at radius 2 is 2.33 bits per heavy atom. The van der Waals surface area contributed by atoms with Gasteiger partial charge in [-0.15, -0.1) is 0 Å². The number of likely N-dealkylation sites (tertiary alicyclic amines) is 1. The summed E-state index contributed by atoms with van der Waals surface area (Å²) >= 11 is 0. The Morgan fingerprint density at radius 1 is 1.67 bits per heavy atom. The van der Waals surface area contributed by atoms with Gasteiger partial charge in [-0.25, -0.2) is 0 Å². The van der Waals surface area contributed by atoms with Crippen molar-refractivity contribution in [1.82, 2.24) is 9.80 Å². The molecule has 1 aliphatic heterocycles. The fraction of sp³-hybridized carbons (Fsp3) is 0.909. The number of hydrogen-bond donors (Lipinski definition) is 1. The third-order valence-electron chi connectivity index (χ3n) is 3.24. The third-order valence-corrected chi connectivity index (χ3v) is 3.24. The topological polar surface area (TPSA) is 43.8 Å². The average molecular weight is 214 g/mol. The van der Waals surface area contributed by atoms with Crippen molar-refractivity contribution in [3.8, 4) is 0 Å². The molecule has 1 heterocycles. The van der Waals surface area contributed by atoms with Crippen LogP contribution in [0.4, 0.5) is 0 Å². The highest BCUT2D eigenvalue weighted by Gasteiger charge is 2.28. The first-order valence-corrected chi connectivity index (χ1v) is 5.70. The highest BCUT2D eigenvalue weighted by atomic mass is 16.4. The Labute approximate surface area is 91.9 Å². The standard InChI is InChI=1S/C11H22N2O2/c1-4-13(9(2)7-11(14)15)10-5-6-12(3)8-10/h9-10H,4-8H2,1-3H3,(H,14,15). The summed E-state index contributed by atoms with van der Waals surface area (Å²) in [5, 5.41) is 8.79. The Kier molecular flexibility index (Phi) is 4.54. The van der Waals surface area contributed by atoms with Crippen molar-refractivity contribution < 1.29 is 9.90 Å². The van der Waals surface area contributed by atoms with Gasteiger partial charge in [0.25, 0.3) is 0 Å². The van der Waals surface area contributed by atoms with Crippen LogP contribution in [-0.4, -0.2) is 59.6 Å². The van der Waals surface area contributed by atoms with Gasteiger partial charge in [-0.05, 0) is 33.5 Å². The summed E-state index contributed by atoms with van der Waals surface area (Å²) < 4.78 is 0. The Morgan fingerprint density at radius 3 is 2.73 bits per heavy atom. The maximum Gasteiger partial charge on any atom is 0.304 e. The number of hydrogen-bond acceptors (Lipinski definition) is 3. The van der Waals surface area contributed by atoms with Crippen molar-refractivity contribution in [2.45, 2.75) is 38.8 Å². The molecule has 0 amide bonds. The second-order valence-electron chi connectivity index (χ2n) is 4.48. The van der Waals surface area contributed by atoms with Crippen molar-refractivity contribution in [1.29, 1.82) is 0 Å². The van der Waals surface area contributed by atoms with E-state index in [1.165, 1.54) is 0 Å². The summed E-state index contributed by atoms with van der Waals surface area (Å²) in [6.07, 6.45) is 1.41. The van der Waals surface area contributed by atoms with Crippen LogP contribution in [0.2, 0.25) is 0 Å². The zero-order chi connectivity index (χ0) is 11.4. The van der Waals surface area contributed by atoms with E-state index in [4.69, 9.17) is 5.11 Å². The Bertz CT molecular complexity index is 221. The van der Waals surface area contributed by atoms with Gasteiger partial charge in [0.15, 0.2) is 0 Å². The molecule has 0 radical (unpaired) electrons. The van der Waals surface area contributed by atoms with Crippen molar-refractivity contribution in [2.75, 3.05) is 26.7 Å². The maximum atomic E-state index is 10.7. The monoisotopic (exact) mass is 214 g/mol. The van der Waals surface area contributed by atoms with E-state index in [9.17, 15) is 4.79 Å². The van der Waals surface area contributed by atoms with Gasteiger partial charge in [-0.3, -0.25) is 9.69 Å². The summed E-state index contributed by atoms with van der Waals surface area (Å²) in [5.41, 5.74) is 0. The van der Waals surface area contributed by atoms with Crippen molar-refractivity contribution in [2.24, 2.45) is 0 Å². The predicted molar refractivity (Wildman–Crippen MR) is 60.0 cm³/mol. The number of aliphatic carboxylic acids is 1. The summed E-state index contributed by atoms with van der Waals surface area (Å²) in [6, 6.07) is 0.679. The fourth-order valence-electron chi connectivity index (χ4n) is 2.48. The lowest BCUT2D eigenvalue weighted by Gasteiger charge is -2.32. The number of carboxylic acids is 1. The van der Waals surface area contributed by atoms with E-state index in [0.29, 0.717) is 6.04 Å². The lowest BCUT2D eigenvalue weighted by Crippen LogP contribution is -2.43. The van der Waals surface area contributed by atoms with Gasteiger partial charge in [0.1, 0.15) is 0 Å². The second kappa shape index (κ2) is 5.47. The van der Waals surface area contributed by atoms with Crippen molar-refractivity contribution in [3.63, 3.8) is 0 Å². The van der Waals surface area contributed by atoms with E-state index >= 15 is 0 Å². The van der Waals surface area contributed by atoms with E-state index in [0.717, 1.165) is 26.1 Å². The van der Waals surface area contributed by atoms with Gasteiger partial charge in [0.05, 0.1) is 6.42 Å². The molecular formula is C11H22N2O2. The molecule has 0 aromatic heterocycles. The zero-order valence-electron chi connectivity index (χ0n) is 9.94. The molecule has 1 saturated heterocycles. The van der Waals surface area contributed by atoms with Crippen LogP contribution in [0, 0.1) is 0 Å². The van der Waals surface area contributed by atoms with Gasteiger partial charge in [0, 0.05) is 18.6 Å². The van der Waals surface area contributed by atoms with Crippen molar-refractivity contribution >= 4 is 5.97 Å². The quantitative estimate of drug-likeness (QED) is 0.737. The highest BCUT2D eigenvalue weighted by Crippen LogP contribution is 2.17. The molecule has 0 bridgehead atoms. The minimum absolute atomic E-state index is 0.143. The number of rotatable bonds is 5. The smallest absolute Gasteiger partial charge is 0.304 e. The number of likely N-dealkylation sites (N-methyl/N-ethyl adjacent to an activating group) is 2. The first-order valence-electron chi connectivity index (χ1n) is 5.70. The Balaban J connectivity index is 2.50. The molecule has 4 heteroatoms. The minimum Gasteiger partial charge on any atom is -0.481 e. The molecule has 0 aromatic rings. The predicted octanol–water partition coefficient (Wildman–Crippen LogP) is 0.876. The number of carboxylic acid groups (broad SMARTS) is 1. The van der Waals surface area contributed by atoms with E-state index < -0.39 is 5.97 Å². The molecule has 1 fully saturated rings. The van der Waals surface area contributed by atoms with E-state index in [-0.39, 0.29) is 12.5 Å². The van der Waals surface area contributed by atoms with Crippen LogP contribution in [0.15, 0.2) is 0 Å². The average Bonchev–Trinajstić information content (AvgIpc) is 2.51. The zero-order valence-corrected chi connectivity index (χ0v) is 9.94. The van der Waals surface area contributed by atoms with Crippen molar-refractivity contribution in [3.05, 3.63) is 0 Å². The molecule has 1 N–H and O–H groups in total. The third kappa shape index (κ3) is 3.47. The summed E-state index contributed by atoms with van der Waals surface area (Å²) in [4.78, 5) is 15.3. The van der Waals surface area contributed by atoms with Gasteiger partial charge in [-0.2, -0.15) is 0 Å². The van der Waals surface area contributed by atoms with Crippen LogP contribution in [0.1, 0.15) is 26.7 Å². The minimum atomic E-state index is -0.702. The summed E-state index contributed by atoms with van der Waals surface area (Å²) in [5.74, 6) is -0.702. The van der Waals surface area contributed by atoms with Gasteiger partial charge >= 0.3 is 5.97 Å². The molecule has 1 aliphatic rings.